The van der Waals surface area contributed by atoms with E-state index in [4.69, 9.17) is 5.73 Å². The zero-order valence-electron chi connectivity index (χ0n) is 14.4. The number of aliphatic imine (C=N–C) groups is 1. The lowest BCUT2D eigenvalue weighted by Crippen LogP contribution is -2.51. The molecule has 1 saturated heterocycles. The van der Waals surface area contributed by atoms with Gasteiger partial charge in [0.1, 0.15) is 18.9 Å². The first-order chi connectivity index (χ1) is 12.4. The molecule has 1 fully saturated rings. The molecule has 0 saturated carbocycles. The van der Waals surface area contributed by atoms with Crippen molar-refractivity contribution in [2.45, 2.75) is 19.3 Å². The molecule has 1 aliphatic heterocycles. The molecule has 8 nitrogen and oxygen atoms in total. The van der Waals surface area contributed by atoms with Gasteiger partial charge in [0.2, 0.25) is 5.95 Å². The molecule has 0 radical (unpaired) electrons. The van der Waals surface area contributed by atoms with E-state index in [1.807, 2.05) is 9.80 Å². The van der Waals surface area contributed by atoms with Crippen molar-refractivity contribution in [2.24, 2.45) is 10.7 Å². The van der Waals surface area contributed by atoms with Gasteiger partial charge < -0.3 is 20.1 Å². The normalized spacial score (nSPS) is 15.6. The molecule has 2 aromatic rings. The summed E-state index contributed by atoms with van der Waals surface area (Å²) in [5, 5.41) is 0. The van der Waals surface area contributed by atoms with Gasteiger partial charge in [0.25, 0.3) is 0 Å². The van der Waals surface area contributed by atoms with Crippen LogP contribution in [-0.2, 0) is 13.1 Å². The number of nitrogens with two attached hydrogens (primary N) is 1. The Hall–Kier alpha value is -2.12. The number of imidazole rings is 1. The minimum Gasteiger partial charge on any atom is -0.370 e. The van der Waals surface area contributed by atoms with Crippen LogP contribution in [-0.4, -0.2) is 62.7 Å². The molecule has 3 rings (SSSR count). The van der Waals surface area contributed by atoms with Crippen molar-refractivity contribution in [1.82, 2.24) is 24.4 Å². The summed E-state index contributed by atoms with van der Waals surface area (Å²) in [5.41, 5.74) is 5.99. The second kappa shape index (κ2) is 9.19. The molecule has 0 aliphatic carbocycles. The van der Waals surface area contributed by atoms with Gasteiger partial charge in [-0.05, 0) is 6.07 Å². The van der Waals surface area contributed by atoms with Crippen LogP contribution in [0.5, 0.6) is 0 Å². The smallest absolute Gasteiger partial charge is 0.370 e. The first-order valence-corrected chi connectivity index (χ1v) is 8.06. The molecule has 0 spiro atoms. The summed E-state index contributed by atoms with van der Waals surface area (Å²) in [4.78, 5) is 20.5. The number of alkyl halides is 3. The topological polar surface area (TPSA) is 88.5 Å². The standard InChI is InChI=1S/C15H19F3N8.HI/c16-15(17,18)11-26-5-4-20-12(26)10-23-13(19)24-6-8-25(9-7-24)14-21-2-1-3-22-14;/h1-5H,6-11H2,(H2,19,23);1H. The van der Waals surface area contributed by atoms with Crippen molar-refractivity contribution in [2.75, 3.05) is 31.1 Å². The Morgan fingerprint density at radius 1 is 1.07 bits per heavy atom. The van der Waals surface area contributed by atoms with E-state index < -0.39 is 12.7 Å². The number of hydrogen-bond acceptors (Lipinski definition) is 5. The highest BCUT2D eigenvalue weighted by Gasteiger charge is 2.28. The molecule has 148 valence electrons. The number of aromatic nitrogens is 4. The molecular weight excluding hydrogens is 476 g/mol. The van der Waals surface area contributed by atoms with Gasteiger partial charge >= 0.3 is 6.18 Å². The fraction of sp³-hybridized carbons (Fsp3) is 0.467. The molecular formula is C15H20F3IN8. The fourth-order valence-electron chi connectivity index (χ4n) is 2.67. The Bertz CT molecular complexity index is 741. The molecule has 0 bridgehead atoms. The van der Waals surface area contributed by atoms with Crippen LogP contribution >= 0.6 is 24.0 Å². The van der Waals surface area contributed by atoms with Gasteiger partial charge in [-0.1, -0.05) is 0 Å². The number of anilines is 1. The highest BCUT2D eigenvalue weighted by molar-refractivity contribution is 14.0. The first-order valence-electron chi connectivity index (χ1n) is 8.06. The van der Waals surface area contributed by atoms with E-state index in [-0.39, 0.29) is 36.3 Å². The third-order valence-electron chi connectivity index (χ3n) is 3.97. The summed E-state index contributed by atoms with van der Waals surface area (Å²) in [7, 11) is 0. The van der Waals surface area contributed by atoms with E-state index in [9.17, 15) is 13.2 Å². The van der Waals surface area contributed by atoms with Gasteiger partial charge in [-0.2, -0.15) is 13.2 Å². The number of guanidine groups is 1. The molecule has 27 heavy (non-hydrogen) atoms. The highest BCUT2D eigenvalue weighted by atomic mass is 127. The van der Waals surface area contributed by atoms with Crippen molar-refractivity contribution >= 4 is 35.9 Å². The molecule has 2 N–H and O–H groups in total. The van der Waals surface area contributed by atoms with E-state index in [2.05, 4.69) is 19.9 Å². The minimum atomic E-state index is -4.31. The highest BCUT2D eigenvalue weighted by Crippen LogP contribution is 2.18. The summed E-state index contributed by atoms with van der Waals surface area (Å²) in [6, 6.07) is 1.76. The van der Waals surface area contributed by atoms with Crippen LogP contribution in [0.3, 0.4) is 0 Å². The van der Waals surface area contributed by atoms with E-state index in [0.29, 0.717) is 38.1 Å². The quantitative estimate of drug-likeness (QED) is 0.392. The van der Waals surface area contributed by atoms with Crippen LogP contribution in [0.2, 0.25) is 0 Å². The lowest BCUT2D eigenvalue weighted by molar-refractivity contribution is -0.141. The number of piperazine rings is 1. The van der Waals surface area contributed by atoms with E-state index in [1.165, 1.54) is 12.4 Å². The number of halogens is 4. The largest absolute Gasteiger partial charge is 0.406 e. The second-order valence-corrected chi connectivity index (χ2v) is 5.78. The Morgan fingerprint density at radius 3 is 2.37 bits per heavy atom. The molecule has 0 amide bonds. The Labute approximate surface area is 171 Å². The monoisotopic (exact) mass is 496 g/mol. The summed E-state index contributed by atoms with van der Waals surface area (Å²) in [6.07, 6.45) is 1.68. The Balaban J connectivity index is 0.00000261. The molecule has 0 atom stereocenters. The van der Waals surface area contributed by atoms with Crippen molar-refractivity contribution < 1.29 is 13.2 Å². The predicted octanol–water partition coefficient (Wildman–Crippen LogP) is 1.49. The summed E-state index contributed by atoms with van der Waals surface area (Å²) in [6.45, 7) is 1.53. The van der Waals surface area contributed by atoms with Crippen LogP contribution in [0.1, 0.15) is 5.82 Å². The zero-order chi connectivity index (χ0) is 18.6. The number of hydrogen-bond donors (Lipinski definition) is 1. The third-order valence-corrected chi connectivity index (χ3v) is 3.97. The Morgan fingerprint density at radius 2 is 1.74 bits per heavy atom. The summed E-state index contributed by atoms with van der Waals surface area (Å²) in [5.74, 6) is 1.18. The van der Waals surface area contributed by atoms with Crippen molar-refractivity contribution in [3.05, 3.63) is 36.7 Å². The van der Waals surface area contributed by atoms with Crippen LogP contribution < -0.4 is 10.6 Å². The van der Waals surface area contributed by atoms with Gasteiger partial charge in [-0.15, -0.1) is 24.0 Å². The third kappa shape index (κ3) is 5.94. The minimum absolute atomic E-state index is 0. The SMILES string of the molecule is I.NC(=NCc1nccn1CC(F)(F)F)N1CCN(c2ncccn2)CC1. The maximum Gasteiger partial charge on any atom is 0.406 e. The fourth-order valence-corrected chi connectivity index (χ4v) is 2.67. The van der Waals surface area contributed by atoms with Crippen LogP contribution in [0, 0.1) is 0 Å². The maximum absolute atomic E-state index is 12.5. The maximum atomic E-state index is 12.5. The molecule has 2 aromatic heterocycles. The van der Waals surface area contributed by atoms with Crippen molar-refractivity contribution in [3.8, 4) is 0 Å². The lowest BCUT2D eigenvalue weighted by atomic mass is 10.3. The molecule has 0 unspecified atom stereocenters. The average molecular weight is 496 g/mol. The molecule has 0 aromatic carbocycles. The van der Waals surface area contributed by atoms with Crippen LogP contribution in [0.4, 0.5) is 19.1 Å². The van der Waals surface area contributed by atoms with Gasteiger partial charge in [0.05, 0.1) is 0 Å². The zero-order valence-corrected chi connectivity index (χ0v) is 16.7. The van der Waals surface area contributed by atoms with E-state index in [0.717, 1.165) is 4.57 Å². The van der Waals surface area contributed by atoms with Crippen LogP contribution in [0.25, 0.3) is 0 Å². The average Bonchev–Trinajstić information content (AvgIpc) is 3.05. The van der Waals surface area contributed by atoms with Gasteiger partial charge in [0, 0.05) is 51.0 Å². The van der Waals surface area contributed by atoms with Gasteiger partial charge in [-0.3, -0.25) is 0 Å². The van der Waals surface area contributed by atoms with Gasteiger partial charge in [-0.25, -0.2) is 19.9 Å². The number of rotatable bonds is 4. The molecule has 1 aliphatic rings. The predicted molar refractivity (Wildman–Crippen MR) is 105 cm³/mol. The summed E-state index contributed by atoms with van der Waals surface area (Å²) < 4.78 is 38.6. The van der Waals surface area contributed by atoms with Crippen molar-refractivity contribution in [1.29, 1.82) is 0 Å². The lowest BCUT2D eigenvalue weighted by Gasteiger charge is -2.35. The Kier molecular flexibility index (Phi) is 7.21. The molecule has 3 heterocycles. The second-order valence-electron chi connectivity index (χ2n) is 5.78. The number of nitrogens with zero attached hydrogens (tertiary/aromatic N) is 7. The van der Waals surface area contributed by atoms with E-state index in [1.54, 1.807) is 18.5 Å². The van der Waals surface area contributed by atoms with Crippen LogP contribution in [0.15, 0.2) is 35.8 Å². The molecule has 12 heteroatoms. The van der Waals surface area contributed by atoms with E-state index >= 15 is 0 Å². The van der Waals surface area contributed by atoms with Crippen molar-refractivity contribution in [3.63, 3.8) is 0 Å². The summed E-state index contributed by atoms with van der Waals surface area (Å²) >= 11 is 0. The first kappa shape index (κ1) is 21.2. The van der Waals surface area contributed by atoms with Gasteiger partial charge in [0.15, 0.2) is 5.96 Å².